The van der Waals surface area contributed by atoms with Crippen LogP contribution >= 0.6 is 0 Å². The van der Waals surface area contributed by atoms with Crippen LogP contribution in [0.1, 0.15) is 35.9 Å². The molecular formula is C14H15NO3. The molecule has 0 fully saturated rings. The van der Waals surface area contributed by atoms with Crippen molar-refractivity contribution in [3.63, 3.8) is 0 Å². The highest BCUT2D eigenvalue weighted by atomic mass is 16.5. The third-order valence-electron chi connectivity index (χ3n) is 3.66. The zero-order valence-electron chi connectivity index (χ0n) is 10.4. The van der Waals surface area contributed by atoms with E-state index in [2.05, 4.69) is 4.98 Å². The molecule has 1 aliphatic rings. The first-order valence-corrected chi connectivity index (χ1v) is 6.05. The molecule has 1 N–H and O–H groups in total. The van der Waals surface area contributed by atoms with Crippen LogP contribution in [0.5, 0.6) is 5.75 Å². The van der Waals surface area contributed by atoms with Crippen molar-refractivity contribution < 1.29 is 14.3 Å². The minimum atomic E-state index is -0.614. The SMILES string of the molecule is CCC1(c2ccco2)OCc2c1cnc(C)c2O. The van der Waals surface area contributed by atoms with Crippen LogP contribution in [-0.2, 0) is 16.9 Å². The lowest BCUT2D eigenvalue weighted by Crippen LogP contribution is -2.25. The first kappa shape index (κ1) is 11.3. The van der Waals surface area contributed by atoms with Crippen molar-refractivity contribution in [3.8, 4) is 5.75 Å². The molecule has 1 unspecified atom stereocenters. The zero-order valence-corrected chi connectivity index (χ0v) is 10.4. The molecule has 4 nitrogen and oxygen atoms in total. The summed E-state index contributed by atoms with van der Waals surface area (Å²) in [6, 6.07) is 3.74. The molecule has 0 spiro atoms. The van der Waals surface area contributed by atoms with E-state index in [9.17, 15) is 5.11 Å². The number of rotatable bonds is 2. The van der Waals surface area contributed by atoms with Gasteiger partial charge in [-0.3, -0.25) is 4.98 Å². The summed E-state index contributed by atoms with van der Waals surface area (Å²) >= 11 is 0. The molecule has 3 heterocycles. The predicted molar refractivity (Wildman–Crippen MR) is 65.2 cm³/mol. The van der Waals surface area contributed by atoms with E-state index in [-0.39, 0.29) is 5.75 Å². The average molecular weight is 245 g/mol. The average Bonchev–Trinajstić information content (AvgIpc) is 3.01. The van der Waals surface area contributed by atoms with Gasteiger partial charge < -0.3 is 14.3 Å². The van der Waals surface area contributed by atoms with E-state index in [4.69, 9.17) is 9.15 Å². The second kappa shape index (κ2) is 3.85. The van der Waals surface area contributed by atoms with Crippen molar-refractivity contribution in [1.82, 2.24) is 4.98 Å². The van der Waals surface area contributed by atoms with Crippen LogP contribution < -0.4 is 0 Å². The van der Waals surface area contributed by atoms with Crippen molar-refractivity contribution in [2.24, 2.45) is 0 Å². The molecule has 18 heavy (non-hydrogen) atoms. The summed E-state index contributed by atoms with van der Waals surface area (Å²) in [6.45, 7) is 4.21. The first-order chi connectivity index (χ1) is 8.69. The van der Waals surface area contributed by atoms with E-state index < -0.39 is 5.60 Å². The number of aromatic hydroxyl groups is 1. The van der Waals surface area contributed by atoms with Crippen LogP contribution in [0.4, 0.5) is 0 Å². The molecule has 0 saturated carbocycles. The van der Waals surface area contributed by atoms with E-state index in [0.717, 1.165) is 23.3 Å². The molecule has 4 heteroatoms. The third-order valence-corrected chi connectivity index (χ3v) is 3.66. The van der Waals surface area contributed by atoms with E-state index in [1.807, 2.05) is 19.1 Å². The van der Waals surface area contributed by atoms with Gasteiger partial charge in [-0.05, 0) is 25.5 Å². The fraction of sp³-hybridized carbons (Fsp3) is 0.357. The van der Waals surface area contributed by atoms with Crippen molar-refractivity contribution >= 4 is 0 Å². The summed E-state index contributed by atoms with van der Waals surface area (Å²) in [5.74, 6) is 0.989. The van der Waals surface area contributed by atoms with Crippen LogP contribution in [-0.4, -0.2) is 10.1 Å². The lowest BCUT2D eigenvalue weighted by molar-refractivity contribution is -0.0236. The molecule has 0 saturated heterocycles. The second-order valence-corrected chi connectivity index (χ2v) is 4.53. The van der Waals surface area contributed by atoms with Gasteiger partial charge >= 0.3 is 0 Å². The standard InChI is InChI=1S/C14H15NO3/c1-3-14(12-5-4-6-17-12)11-7-15-9(2)13(16)10(11)8-18-14/h4-7,16H,3,8H2,1-2H3. The molecular weight excluding hydrogens is 230 g/mol. The maximum Gasteiger partial charge on any atom is 0.153 e. The van der Waals surface area contributed by atoms with Crippen molar-refractivity contribution in [2.45, 2.75) is 32.5 Å². The molecule has 0 bridgehead atoms. The third kappa shape index (κ3) is 1.32. The number of hydrogen-bond donors (Lipinski definition) is 1. The van der Waals surface area contributed by atoms with Gasteiger partial charge in [-0.1, -0.05) is 6.92 Å². The monoisotopic (exact) mass is 245 g/mol. The first-order valence-electron chi connectivity index (χ1n) is 6.05. The number of aryl methyl sites for hydroxylation is 1. The van der Waals surface area contributed by atoms with Gasteiger partial charge in [-0.15, -0.1) is 0 Å². The number of nitrogens with zero attached hydrogens (tertiary/aromatic N) is 1. The molecule has 0 aromatic carbocycles. The van der Waals surface area contributed by atoms with Crippen molar-refractivity contribution in [3.05, 3.63) is 47.2 Å². The minimum Gasteiger partial charge on any atom is -0.506 e. The molecule has 1 aliphatic heterocycles. The number of furan rings is 1. The normalized spacial score (nSPS) is 22.1. The summed E-state index contributed by atoms with van der Waals surface area (Å²) in [4.78, 5) is 4.23. The molecule has 0 radical (unpaired) electrons. The van der Waals surface area contributed by atoms with Crippen LogP contribution in [0.15, 0.2) is 29.0 Å². The van der Waals surface area contributed by atoms with Gasteiger partial charge in [-0.2, -0.15) is 0 Å². The van der Waals surface area contributed by atoms with Gasteiger partial charge in [0.1, 0.15) is 11.5 Å². The van der Waals surface area contributed by atoms with Crippen LogP contribution in [0.2, 0.25) is 0 Å². The van der Waals surface area contributed by atoms with E-state index in [0.29, 0.717) is 12.3 Å². The van der Waals surface area contributed by atoms with Crippen LogP contribution in [0, 0.1) is 6.92 Å². The fourth-order valence-corrected chi connectivity index (χ4v) is 2.59. The van der Waals surface area contributed by atoms with Crippen molar-refractivity contribution in [2.75, 3.05) is 0 Å². The summed E-state index contributed by atoms with van der Waals surface area (Å²) in [7, 11) is 0. The Kier molecular flexibility index (Phi) is 2.41. The molecule has 2 aromatic rings. The number of hydrogen-bond acceptors (Lipinski definition) is 4. The summed E-state index contributed by atoms with van der Waals surface area (Å²) in [5, 5.41) is 10.1. The Balaban J connectivity index is 2.22. The van der Waals surface area contributed by atoms with Gasteiger partial charge in [0.2, 0.25) is 0 Å². The minimum absolute atomic E-state index is 0.231. The Morgan fingerprint density at radius 2 is 2.33 bits per heavy atom. The Morgan fingerprint density at radius 1 is 1.50 bits per heavy atom. The maximum absolute atomic E-state index is 10.1. The smallest absolute Gasteiger partial charge is 0.153 e. The van der Waals surface area contributed by atoms with Gasteiger partial charge in [-0.25, -0.2) is 0 Å². The fourth-order valence-electron chi connectivity index (χ4n) is 2.59. The highest BCUT2D eigenvalue weighted by molar-refractivity contribution is 5.48. The maximum atomic E-state index is 10.1. The van der Waals surface area contributed by atoms with E-state index >= 15 is 0 Å². The lowest BCUT2D eigenvalue weighted by atomic mass is 9.88. The van der Waals surface area contributed by atoms with E-state index in [1.54, 1.807) is 19.4 Å². The highest BCUT2D eigenvalue weighted by Crippen LogP contribution is 2.47. The molecule has 0 amide bonds. The Labute approximate surface area is 105 Å². The summed E-state index contributed by atoms with van der Waals surface area (Å²) in [5.41, 5.74) is 1.74. The zero-order chi connectivity index (χ0) is 12.8. The Morgan fingerprint density at radius 3 is 3.00 bits per heavy atom. The largest absolute Gasteiger partial charge is 0.506 e. The lowest BCUT2D eigenvalue weighted by Gasteiger charge is -2.25. The predicted octanol–water partition coefficient (Wildman–Crippen LogP) is 2.87. The molecule has 3 rings (SSSR count). The number of fused-ring (bicyclic) bond motifs is 1. The number of aromatic nitrogens is 1. The van der Waals surface area contributed by atoms with Gasteiger partial charge in [0.15, 0.2) is 5.60 Å². The van der Waals surface area contributed by atoms with E-state index in [1.165, 1.54) is 0 Å². The summed E-state index contributed by atoms with van der Waals surface area (Å²) < 4.78 is 11.5. The topological polar surface area (TPSA) is 55.5 Å². The van der Waals surface area contributed by atoms with Crippen molar-refractivity contribution in [1.29, 1.82) is 0 Å². The van der Waals surface area contributed by atoms with Gasteiger partial charge in [0.05, 0.1) is 18.6 Å². The molecule has 94 valence electrons. The van der Waals surface area contributed by atoms with Crippen LogP contribution in [0.3, 0.4) is 0 Å². The van der Waals surface area contributed by atoms with Crippen LogP contribution in [0.25, 0.3) is 0 Å². The highest BCUT2D eigenvalue weighted by Gasteiger charge is 2.44. The second-order valence-electron chi connectivity index (χ2n) is 4.53. The number of pyridine rings is 1. The quantitative estimate of drug-likeness (QED) is 0.883. The summed E-state index contributed by atoms with van der Waals surface area (Å²) in [6.07, 6.45) is 4.15. The molecule has 1 atom stereocenters. The van der Waals surface area contributed by atoms with Gasteiger partial charge in [0, 0.05) is 17.3 Å². The molecule has 2 aromatic heterocycles. The molecule has 0 aliphatic carbocycles. The number of ether oxygens (including phenoxy) is 1. The Bertz CT molecular complexity index is 577. The Hall–Kier alpha value is -1.81. The van der Waals surface area contributed by atoms with Gasteiger partial charge in [0.25, 0.3) is 0 Å².